The Hall–Kier alpha value is -2.06. The highest BCUT2D eigenvalue weighted by Gasteiger charge is 2.27. The van der Waals surface area contributed by atoms with Crippen molar-refractivity contribution in [3.63, 3.8) is 0 Å². The third kappa shape index (κ3) is 5.47. The number of hydrogen-bond donors (Lipinski definition) is 2. The van der Waals surface area contributed by atoms with Crippen molar-refractivity contribution in [2.45, 2.75) is 43.0 Å². The van der Waals surface area contributed by atoms with Gasteiger partial charge < -0.3 is 5.11 Å². The van der Waals surface area contributed by atoms with Crippen LogP contribution in [0.3, 0.4) is 0 Å². The summed E-state index contributed by atoms with van der Waals surface area (Å²) in [5, 5.41) is 8.57. The van der Waals surface area contributed by atoms with E-state index in [1.54, 1.807) is 12.2 Å². The van der Waals surface area contributed by atoms with Gasteiger partial charge in [0.15, 0.2) is 0 Å². The van der Waals surface area contributed by atoms with E-state index in [1.807, 2.05) is 6.08 Å². The van der Waals surface area contributed by atoms with E-state index in [4.69, 9.17) is 5.11 Å². The third-order valence-electron chi connectivity index (χ3n) is 3.84. The number of carboxylic acids is 1. The van der Waals surface area contributed by atoms with Crippen LogP contribution in [0.15, 0.2) is 46.9 Å². The first-order valence-corrected chi connectivity index (χ1v) is 9.31. The zero-order valence-electron chi connectivity index (χ0n) is 13.4. The molecule has 1 aromatic rings. The van der Waals surface area contributed by atoms with E-state index in [0.717, 1.165) is 17.7 Å². The monoisotopic (exact) mass is 371 g/mol. The summed E-state index contributed by atoms with van der Waals surface area (Å²) in [6.45, 7) is 0. The van der Waals surface area contributed by atoms with E-state index in [9.17, 15) is 22.0 Å². The molecule has 1 aliphatic carbocycles. The fraction of sp³-hybridized carbons (Fsp3) is 0.353. The van der Waals surface area contributed by atoms with Crippen molar-refractivity contribution in [2.75, 3.05) is 0 Å². The van der Waals surface area contributed by atoms with Crippen LogP contribution < -0.4 is 4.72 Å². The Labute approximate surface area is 145 Å². The Bertz CT molecular complexity index is 803. The minimum absolute atomic E-state index is 0.0372. The molecule has 1 aliphatic rings. The van der Waals surface area contributed by atoms with Crippen LogP contribution in [-0.2, 0) is 14.8 Å². The van der Waals surface area contributed by atoms with E-state index in [1.165, 1.54) is 0 Å². The second-order valence-electron chi connectivity index (χ2n) is 5.71. The SMILES string of the molecule is O=C(O)CC/C=C\CC1=CCC[C@@H]1NS(=O)(=O)c1ccc(F)cc1F. The average molecular weight is 371 g/mol. The van der Waals surface area contributed by atoms with E-state index in [2.05, 4.69) is 4.72 Å². The molecule has 2 rings (SSSR count). The zero-order valence-corrected chi connectivity index (χ0v) is 14.2. The highest BCUT2D eigenvalue weighted by atomic mass is 32.2. The van der Waals surface area contributed by atoms with Gasteiger partial charge in [-0.05, 0) is 37.8 Å². The predicted molar refractivity (Wildman–Crippen MR) is 88.4 cm³/mol. The van der Waals surface area contributed by atoms with Gasteiger partial charge in [0.2, 0.25) is 10.0 Å². The normalized spacial score (nSPS) is 17.8. The molecule has 0 spiro atoms. The molecule has 0 aliphatic heterocycles. The second-order valence-corrected chi connectivity index (χ2v) is 7.40. The molecule has 0 unspecified atom stereocenters. The van der Waals surface area contributed by atoms with Gasteiger partial charge in [0.25, 0.3) is 0 Å². The molecule has 0 fully saturated rings. The molecular weight excluding hydrogens is 352 g/mol. The summed E-state index contributed by atoms with van der Waals surface area (Å²) in [5.74, 6) is -2.86. The number of sulfonamides is 1. The molecule has 136 valence electrons. The lowest BCUT2D eigenvalue weighted by molar-refractivity contribution is -0.136. The number of aliphatic carboxylic acids is 1. The van der Waals surface area contributed by atoms with E-state index in [0.29, 0.717) is 31.7 Å². The lowest BCUT2D eigenvalue weighted by atomic mass is 10.1. The maximum Gasteiger partial charge on any atom is 0.303 e. The van der Waals surface area contributed by atoms with Crippen LogP contribution in [0.4, 0.5) is 8.78 Å². The van der Waals surface area contributed by atoms with Crippen molar-refractivity contribution in [3.05, 3.63) is 53.6 Å². The van der Waals surface area contributed by atoms with Gasteiger partial charge >= 0.3 is 5.97 Å². The van der Waals surface area contributed by atoms with Crippen molar-refractivity contribution < 1.29 is 27.1 Å². The topological polar surface area (TPSA) is 83.5 Å². The summed E-state index contributed by atoms with van der Waals surface area (Å²) in [7, 11) is -4.10. The minimum atomic E-state index is -4.10. The summed E-state index contributed by atoms with van der Waals surface area (Å²) in [6.07, 6.45) is 7.61. The Balaban J connectivity index is 2.01. The zero-order chi connectivity index (χ0) is 18.4. The van der Waals surface area contributed by atoms with Gasteiger partial charge in [-0.1, -0.05) is 23.8 Å². The molecule has 0 amide bonds. The van der Waals surface area contributed by atoms with Crippen LogP contribution >= 0.6 is 0 Å². The van der Waals surface area contributed by atoms with Crippen LogP contribution in [0.2, 0.25) is 0 Å². The van der Waals surface area contributed by atoms with Crippen molar-refractivity contribution in [3.8, 4) is 0 Å². The lowest BCUT2D eigenvalue weighted by Gasteiger charge is -2.16. The molecule has 0 saturated carbocycles. The Morgan fingerprint density at radius 1 is 1.32 bits per heavy atom. The molecule has 0 saturated heterocycles. The molecule has 8 heteroatoms. The maximum absolute atomic E-state index is 13.7. The largest absolute Gasteiger partial charge is 0.481 e. The molecule has 0 radical (unpaired) electrons. The smallest absolute Gasteiger partial charge is 0.303 e. The summed E-state index contributed by atoms with van der Waals surface area (Å²) in [4.78, 5) is 9.85. The molecule has 25 heavy (non-hydrogen) atoms. The van der Waals surface area contributed by atoms with Gasteiger partial charge in [0.05, 0.1) is 0 Å². The molecule has 0 heterocycles. The van der Waals surface area contributed by atoms with Gasteiger partial charge in [-0.25, -0.2) is 21.9 Å². The van der Waals surface area contributed by atoms with Crippen molar-refractivity contribution in [1.29, 1.82) is 0 Å². The van der Waals surface area contributed by atoms with Crippen LogP contribution in [0, 0.1) is 11.6 Å². The number of nitrogens with one attached hydrogen (secondary N) is 1. The quantitative estimate of drug-likeness (QED) is 0.688. The van der Waals surface area contributed by atoms with Gasteiger partial charge in [-0.2, -0.15) is 0 Å². The fourth-order valence-corrected chi connectivity index (χ4v) is 3.94. The van der Waals surface area contributed by atoms with E-state index < -0.39 is 38.6 Å². The average Bonchev–Trinajstić information content (AvgIpc) is 2.92. The Morgan fingerprint density at radius 2 is 2.08 bits per heavy atom. The Morgan fingerprint density at radius 3 is 2.76 bits per heavy atom. The van der Waals surface area contributed by atoms with Crippen LogP contribution in [0.25, 0.3) is 0 Å². The summed E-state index contributed by atoms with van der Waals surface area (Å²) < 4.78 is 53.8. The van der Waals surface area contributed by atoms with Gasteiger partial charge in [0, 0.05) is 18.5 Å². The third-order valence-corrected chi connectivity index (χ3v) is 5.34. The first kappa shape index (κ1) is 19.3. The first-order valence-electron chi connectivity index (χ1n) is 7.82. The standard InChI is InChI=1S/C17H19F2NO4S/c18-13-9-10-16(14(19)11-13)25(23,24)20-15-7-4-6-12(15)5-2-1-3-8-17(21)22/h1-2,6,9-11,15,20H,3-5,7-8H2,(H,21,22)/b2-1-/t15-/m0/s1. The number of hydrogen-bond acceptors (Lipinski definition) is 3. The summed E-state index contributed by atoms with van der Waals surface area (Å²) in [5.41, 5.74) is 0.845. The van der Waals surface area contributed by atoms with Gasteiger partial charge in [-0.15, -0.1) is 0 Å². The molecule has 0 aromatic heterocycles. The molecule has 2 N–H and O–H groups in total. The Kier molecular flexibility index (Phi) is 6.44. The highest BCUT2D eigenvalue weighted by molar-refractivity contribution is 7.89. The molecular formula is C17H19F2NO4S. The number of allylic oxidation sites excluding steroid dienone is 3. The minimum Gasteiger partial charge on any atom is -0.481 e. The second kappa shape index (κ2) is 8.35. The number of halogens is 2. The van der Waals surface area contributed by atoms with Gasteiger partial charge in [-0.3, -0.25) is 4.79 Å². The predicted octanol–water partition coefficient (Wildman–Crippen LogP) is 3.14. The number of rotatable bonds is 8. The number of carboxylic acid groups (broad SMARTS) is 1. The number of benzene rings is 1. The van der Waals surface area contributed by atoms with E-state index in [-0.39, 0.29) is 6.42 Å². The van der Waals surface area contributed by atoms with Crippen molar-refractivity contribution in [1.82, 2.24) is 4.72 Å². The van der Waals surface area contributed by atoms with Gasteiger partial charge in [0.1, 0.15) is 16.5 Å². The molecule has 1 aromatic carbocycles. The fourth-order valence-electron chi connectivity index (χ4n) is 2.61. The van der Waals surface area contributed by atoms with Crippen LogP contribution in [0.5, 0.6) is 0 Å². The number of carbonyl (C=O) groups is 1. The van der Waals surface area contributed by atoms with Crippen LogP contribution in [0.1, 0.15) is 32.1 Å². The van der Waals surface area contributed by atoms with Crippen LogP contribution in [-0.4, -0.2) is 25.5 Å². The first-order chi connectivity index (χ1) is 11.8. The lowest BCUT2D eigenvalue weighted by Crippen LogP contribution is -2.35. The summed E-state index contributed by atoms with van der Waals surface area (Å²) in [6, 6.07) is 1.87. The van der Waals surface area contributed by atoms with Crippen molar-refractivity contribution in [2.24, 2.45) is 0 Å². The molecule has 5 nitrogen and oxygen atoms in total. The van der Waals surface area contributed by atoms with E-state index >= 15 is 0 Å². The van der Waals surface area contributed by atoms with Crippen molar-refractivity contribution >= 4 is 16.0 Å². The summed E-state index contributed by atoms with van der Waals surface area (Å²) >= 11 is 0. The molecule has 0 bridgehead atoms. The highest BCUT2D eigenvalue weighted by Crippen LogP contribution is 2.25. The maximum atomic E-state index is 13.7. The molecule has 1 atom stereocenters.